The number of benzene rings is 1. The number of halogens is 1. The summed E-state index contributed by atoms with van der Waals surface area (Å²) in [7, 11) is 3.33. The quantitative estimate of drug-likeness (QED) is 0.908. The predicted octanol–water partition coefficient (Wildman–Crippen LogP) is 1.64. The highest BCUT2D eigenvalue weighted by Gasteiger charge is 2.11. The Morgan fingerprint density at radius 1 is 1.27 bits per heavy atom. The van der Waals surface area contributed by atoms with Gasteiger partial charge in [-0.15, -0.1) is 0 Å². The number of quaternary nitrogens is 1. The van der Waals surface area contributed by atoms with Gasteiger partial charge in [0.05, 0.1) is 24.7 Å². The maximum Gasteiger partial charge on any atom is 0.133 e. The second kappa shape index (κ2) is 5.37. The Balaban J connectivity index is 3.10. The lowest BCUT2D eigenvalue weighted by Gasteiger charge is -2.12. The highest BCUT2D eigenvalue weighted by atomic mass is 79.9. The Kier molecular flexibility index (Phi) is 4.42. The number of hydrogen-bond acceptors (Lipinski definition) is 2. The summed E-state index contributed by atoms with van der Waals surface area (Å²) in [6, 6.07) is 4.27. The Morgan fingerprint density at radius 3 is 2.33 bits per heavy atom. The van der Waals surface area contributed by atoms with E-state index in [0.29, 0.717) is 6.04 Å². The van der Waals surface area contributed by atoms with E-state index in [9.17, 15) is 0 Å². The Hall–Kier alpha value is -0.740. The molecular weight excluding hydrogens is 258 g/mol. The summed E-state index contributed by atoms with van der Waals surface area (Å²) in [5.41, 5.74) is 5.10. The fourth-order valence-electron chi connectivity index (χ4n) is 1.46. The SMILES string of the molecule is COc1cc(C[C@@H](C)[NH3+])c(OC)cc1Br. The molecule has 0 radical (unpaired) electrons. The van der Waals surface area contributed by atoms with Crippen LogP contribution in [0.15, 0.2) is 16.6 Å². The third-order valence-electron chi connectivity index (χ3n) is 2.12. The molecule has 4 heteroatoms. The molecule has 1 aromatic carbocycles. The molecule has 15 heavy (non-hydrogen) atoms. The molecule has 0 heterocycles. The highest BCUT2D eigenvalue weighted by molar-refractivity contribution is 9.10. The molecule has 0 saturated heterocycles. The molecule has 0 aliphatic carbocycles. The van der Waals surface area contributed by atoms with E-state index in [2.05, 4.69) is 28.6 Å². The lowest BCUT2D eigenvalue weighted by molar-refractivity contribution is -0.413. The molecule has 0 fully saturated rings. The van der Waals surface area contributed by atoms with Gasteiger partial charge in [-0.2, -0.15) is 0 Å². The van der Waals surface area contributed by atoms with Gasteiger partial charge in [0, 0.05) is 12.0 Å². The molecule has 84 valence electrons. The first kappa shape index (κ1) is 12.3. The monoisotopic (exact) mass is 274 g/mol. The lowest BCUT2D eigenvalue weighted by Crippen LogP contribution is -2.60. The van der Waals surface area contributed by atoms with Gasteiger partial charge in [-0.3, -0.25) is 0 Å². The van der Waals surface area contributed by atoms with Crippen molar-refractivity contribution >= 4 is 15.9 Å². The standard InChI is InChI=1S/C11H16BrNO2/c1-7(13)4-8-5-11(15-3)9(12)6-10(8)14-2/h5-7H,4,13H2,1-3H3/p+1/t7-/m1/s1. The molecular formula is C11H17BrNO2+. The summed E-state index contributed by atoms with van der Waals surface area (Å²) in [5.74, 6) is 1.70. The Bertz CT molecular complexity index is 340. The topological polar surface area (TPSA) is 46.1 Å². The van der Waals surface area contributed by atoms with Crippen LogP contribution in [0.1, 0.15) is 12.5 Å². The van der Waals surface area contributed by atoms with Crippen molar-refractivity contribution in [3.8, 4) is 11.5 Å². The molecule has 0 aromatic heterocycles. The van der Waals surface area contributed by atoms with Gasteiger partial charge < -0.3 is 15.2 Å². The summed E-state index contributed by atoms with van der Waals surface area (Å²) in [5, 5.41) is 0. The molecule has 3 nitrogen and oxygen atoms in total. The fraction of sp³-hybridized carbons (Fsp3) is 0.455. The summed E-state index contributed by atoms with van der Waals surface area (Å²) >= 11 is 3.43. The van der Waals surface area contributed by atoms with Crippen LogP contribution in [0.25, 0.3) is 0 Å². The van der Waals surface area contributed by atoms with Crippen molar-refractivity contribution in [2.75, 3.05) is 14.2 Å². The molecule has 0 aliphatic heterocycles. The van der Waals surface area contributed by atoms with Gasteiger partial charge in [0.2, 0.25) is 0 Å². The third kappa shape index (κ3) is 3.11. The molecule has 3 N–H and O–H groups in total. The molecule has 0 bridgehead atoms. The van der Waals surface area contributed by atoms with Crippen molar-refractivity contribution < 1.29 is 15.2 Å². The highest BCUT2D eigenvalue weighted by Crippen LogP contribution is 2.33. The van der Waals surface area contributed by atoms with Gasteiger partial charge in [-0.1, -0.05) is 0 Å². The van der Waals surface area contributed by atoms with E-state index < -0.39 is 0 Å². The van der Waals surface area contributed by atoms with E-state index >= 15 is 0 Å². The molecule has 0 saturated carbocycles. The van der Waals surface area contributed by atoms with Gasteiger partial charge in [-0.25, -0.2) is 0 Å². The number of ether oxygens (including phenoxy) is 2. The zero-order valence-electron chi connectivity index (χ0n) is 9.34. The lowest BCUT2D eigenvalue weighted by atomic mass is 10.1. The first-order valence-electron chi connectivity index (χ1n) is 4.82. The average molecular weight is 275 g/mol. The smallest absolute Gasteiger partial charge is 0.133 e. The Morgan fingerprint density at radius 2 is 1.87 bits per heavy atom. The predicted molar refractivity (Wildman–Crippen MR) is 63.3 cm³/mol. The average Bonchev–Trinajstić information content (AvgIpc) is 2.19. The zero-order chi connectivity index (χ0) is 11.4. The zero-order valence-corrected chi connectivity index (χ0v) is 10.9. The molecule has 0 unspecified atom stereocenters. The van der Waals surface area contributed by atoms with E-state index in [-0.39, 0.29) is 0 Å². The second-order valence-corrected chi connectivity index (χ2v) is 4.46. The Labute approximate surface area is 98.7 Å². The first-order valence-corrected chi connectivity index (χ1v) is 5.61. The largest absolute Gasteiger partial charge is 0.496 e. The van der Waals surface area contributed by atoms with Crippen LogP contribution < -0.4 is 15.2 Å². The molecule has 1 rings (SSSR count). The minimum atomic E-state index is 0.352. The summed E-state index contributed by atoms with van der Waals surface area (Å²) in [6.45, 7) is 2.08. The number of rotatable bonds is 4. The van der Waals surface area contributed by atoms with E-state index in [1.54, 1.807) is 14.2 Å². The third-order valence-corrected chi connectivity index (χ3v) is 2.74. The first-order chi connectivity index (χ1) is 7.08. The van der Waals surface area contributed by atoms with Crippen LogP contribution in [-0.4, -0.2) is 20.3 Å². The molecule has 0 amide bonds. The van der Waals surface area contributed by atoms with Crippen LogP contribution in [0.3, 0.4) is 0 Å². The van der Waals surface area contributed by atoms with Gasteiger partial charge in [0.15, 0.2) is 0 Å². The summed E-state index contributed by atoms with van der Waals surface area (Å²) < 4.78 is 11.5. The van der Waals surface area contributed by atoms with Crippen molar-refractivity contribution in [2.24, 2.45) is 0 Å². The van der Waals surface area contributed by atoms with E-state index in [4.69, 9.17) is 9.47 Å². The normalized spacial score (nSPS) is 12.3. The van der Waals surface area contributed by atoms with E-state index in [1.807, 2.05) is 12.1 Å². The van der Waals surface area contributed by atoms with Crippen LogP contribution in [0.4, 0.5) is 0 Å². The van der Waals surface area contributed by atoms with E-state index in [0.717, 1.165) is 28.0 Å². The van der Waals surface area contributed by atoms with Crippen molar-refractivity contribution in [3.05, 3.63) is 22.2 Å². The van der Waals surface area contributed by atoms with Crippen molar-refractivity contribution in [2.45, 2.75) is 19.4 Å². The van der Waals surface area contributed by atoms with Gasteiger partial charge in [-0.05, 0) is 35.0 Å². The fourth-order valence-corrected chi connectivity index (χ4v) is 1.94. The van der Waals surface area contributed by atoms with Gasteiger partial charge in [0.1, 0.15) is 11.5 Å². The second-order valence-electron chi connectivity index (χ2n) is 3.61. The molecule has 1 aromatic rings. The van der Waals surface area contributed by atoms with Crippen LogP contribution in [0.2, 0.25) is 0 Å². The minimum Gasteiger partial charge on any atom is -0.496 e. The maximum absolute atomic E-state index is 5.31. The van der Waals surface area contributed by atoms with E-state index in [1.165, 1.54) is 0 Å². The van der Waals surface area contributed by atoms with Gasteiger partial charge >= 0.3 is 0 Å². The van der Waals surface area contributed by atoms with Crippen molar-refractivity contribution in [3.63, 3.8) is 0 Å². The summed E-state index contributed by atoms with van der Waals surface area (Å²) in [4.78, 5) is 0. The molecule has 0 spiro atoms. The van der Waals surface area contributed by atoms with Crippen LogP contribution in [-0.2, 0) is 6.42 Å². The molecule has 0 aliphatic rings. The van der Waals surface area contributed by atoms with Crippen LogP contribution >= 0.6 is 15.9 Å². The van der Waals surface area contributed by atoms with Crippen molar-refractivity contribution in [1.29, 1.82) is 0 Å². The maximum atomic E-state index is 5.31. The number of hydrogen-bond donors (Lipinski definition) is 1. The van der Waals surface area contributed by atoms with Crippen LogP contribution in [0, 0.1) is 0 Å². The van der Waals surface area contributed by atoms with Crippen molar-refractivity contribution in [1.82, 2.24) is 0 Å². The van der Waals surface area contributed by atoms with Crippen LogP contribution in [0.5, 0.6) is 11.5 Å². The number of methoxy groups -OCH3 is 2. The molecule has 1 atom stereocenters. The van der Waals surface area contributed by atoms with Gasteiger partial charge in [0.25, 0.3) is 0 Å². The summed E-state index contributed by atoms with van der Waals surface area (Å²) in [6.07, 6.45) is 0.882. The minimum absolute atomic E-state index is 0.352.